The topological polar surface area (TPSA) is 78.1 Å². The van der Waals surface area contributed by atoms with Crippen LogP contribution in [-0.2, 0) is 12.3 Å². The molecule has 0 saturated carbocycles. The van der Waals surface area contributed by atoms with Crippen LogP contribution in [0, 0.1) is 0 Å². The molecule has 0 aliphatic carbocycles. The van der Waals surface area contributed by atoms with Crippen LogP contribution in [0.5, 0.6) is 11.5 Å². The molecule has 7 heteroatoms. The lowest BCUT2D eigenvalue weighted by Crippen LogP contribution is -2.32. The molecule has 0 aliphatic heterocycles. The maximum atomic E-state index is 11.2. The Hall–Kier alpha value is -7.29. The van der Waals surface area contributed by atoms with E-state index in [4.69, 9.17) is 9.98 Å². The molecular weight excluding hydrogens is 821 g/mol. The number of phenolic OH excluding ortho intramolecular Hbond substituents is 2. The summed E-state index contributed by atoms with van der Waals surface area (Å²) in [5.41, 5.74) is 4.47. The molecule has 0 amide bonds. The second-order valence-electron chi connectivity index (χ2n) is 15.6. The molecule has 1 aromatic heterocycles. The van der Waals surface area contributed by atoms with E-state index in [1.165, 1.54) is 31.8 Å². The van der Waals surface area contributed by atoms with Crippen molar-refractivity contribution in [2.45, 2.75) is 12.3 Å². The van der Waals surface area contributed by atoms with E-state index in [9.17, 15) is 10.2 Å². The molecule has 0 radical (unpaired) electrons. The Balaban J connectivity index is 1.03. The lowest BCUT2D eigenvalue weighted by Gasteiger charge is -2.28. The summed E-state index contributed by atoms with van der Waals surface area (Å²) in [4.78, 5) is 14.1. The van der Waals surface area contributed by atoms with Crippen molar-refractivity contribution in [1.29, 1.82) is 0 Å². The Kier molecular flexibility index (Phi) is 12.7. The van der Waals surface area contributed by atoms with Crippen LogP contribution in [-0.4, -0.2) is 27.6 Å². The van der Waals surface area contributed by atoms with Crippen molar-refractivity contribution < 1.29 is 10.2 Å². The Morgan fingerprint density at radius 1 is 0.375 bits per heavy atom. The number of rotatable bonds is 14. The summed E-state index contributed by atoms with van der Waals surface area (Å²) < 4.78 is 0. The second-order valence-corrected chi connectivity index (χ2v) is 22.6. The lowest BCUT2D eigenvalue weighted by molar-refractivity contribution is 0.474. The van der Waals surface area contributed by atoms with E-state index in [1.54, 1.807) is 43.0 Å². The number of phenols is 2. The molecule has 0 spiro atoms. The van der Waals surface area contributed by atoms with E-state index in [-0.39, 0.29) is 11.5 Å². The predicted molar refractivity (Wildman–Crippen MR) is 273 cm³/mol. The standard InChI is InChI=1S/C57H45N3O2P2/c61-56-33-31-44(42-63(48-19-7-1-8-20-48,49-21-9-2-10-22-49)50-23-11-3-12-24-50)37-46(56)39-59-54-35-36-58-41-55(54)60-40-47-38-45(32-34-57(47)62)43-64(51-25-13-4-14-26-51,52-27-15-5-16-28-52)53-29-17-6-18-30-53/h1-41H,42-43H2/p+2. The van der Waals surface area contributed by atoms with Crippen molar-refractivity contribution in [2.75, 3.05) is 0 Å². The van der Waals surface area contributed by atoms with Gasteiger partial charge in [-0.05, 0) is 114 Å². The monoisotopic (exact) mass is 867 g/mol. The van der Waals surface area contributed by atoms with Gasteiger partial charge in [0.15, 0.2) is 0 Å². The molecule has 0 bridgehead atoms. The molecule has 1 heterocycles. The number of nitrogens with zero attached hydrogens (tertiary/aromatic N) is 3. The van der Waals surface area contributed by atoms with Gasteiger partial charge in [0, 0.05) is 29.8 Å². The Morgan fingerprint density at radius 2 is 0.688 bits per heavy atom. The molecule has 9 aromatic rings. The minimum absolute atomic E-state index is 0.131. The molecule has 8 aromatic carbocycles. The molecule has 2 N–H and O–H groups in total. The third-order valence-corrected chi connectivity index (χ3v) is 20.4. The summed E-state index contributed by atoms with van der Waals surface area (Å²) in [5.74, 6) is 0.267. The van der Waals surface area contributed by atoms with E-state index in [0.29, 0.717) is 22.5 Å². The number of aliphatic imine (C=N–C) groups is 2. The highest BCUT2D eigenvalue weighted by Crippen LogP contribution is 2.59. The van der Waals surface area contributed by atoms with Crippen LogP contribution < -0.4 is 31.8 Å². The fraction of sp³-hybridized carbons (Fsp3) is 0.0351. The quantitative estimate of drug-likeness (QED) is 0.0844. The molecule has 0 fully saturated rings. The predicted octanol–water partition coefficient (Wildman–Crippen LogP) is 11.0. The first-order valence-corrected chi connectivity index (χ1v) is 25.2. The van der Waals surface area contributed by atoms with Gasteiger partial charge in [-0.2, -0.15) is 0 Å². The molecule has 0 atom stereocenters. The molecule has 0 saturated heterocycles. The smallest absolute Gasteiger partial charge is 0.124 e. The summed E-state index contributed by atoms with van der Waals surface area (Å²) in [6, 6.07) is 78.2. The summed E-state index contributed by atoms with van der Waals surface area (Å²) in [7, 11) is -4.35. The summed E-state index contributed by atoms with van der Waals surface area (Å²) >= 11 is 0. The number of benzene rings is 8. The van der Waals surface area contributed by atoms with Gasteiger partial charge in [-0.1, -0.05) is 121 Å². The molecule has 310 valence electrons. The summed E-state index contributed by atoms with van der Waals surface area (Å²) in [6.45, 7) is 0. The van der Waals surface area contributed by atoms with Gasteiger partial charge < -0.3 is 10.2 Å². The number of hydrogen-bond donors (Lipinski definition) is 2. The van der Waals surface area contributed by atoms with Crippen molar-refractivity contribution >= 4 is 70.2 Å². The SMILES string of the molecule is Oc1ccc(C[P+](c2ccccc2)(c2ccccc2)c2ccccc2)cc1C=Nc1ccncc1N=Cc1cc(C[P+](c2ccccc2)(c2ccccc2)c2ccccc2)ccc1O. The zero-order valence-electron chi connectivity index (χ0n) is 35.2. The zero-order valence-corrected chi connectivity index (χ0v) is 37.0. The average molecular weight is 868 g/mol. The maximum absolute atomic E-state index is 11.2. The van der Waals surface area contributed by atoms with Crippen LogP contribution >= 0.6 is 14.5 Å². The van der Waals surface area contributed by atoms with Gasteiger partial charge in [0.25, 0.3) is 0 Å². The van der Waals surface area contributed by atoms with Gasteiger partial charge in [0.1, 0.15) is 63.5 Å². The molecule has 64 heavy (non-hydrogen) atoms. The van der Waals surface area contributed by atoms with Gasteiger partial charge in [-0.15, -0.1) is 0 Å². The number of aromatic nitrogens is 1. The molecule has 0 unspecified atom stereocenters. The normalized spacial score (nSPS) is 11.9. The molecule has 0 aliphatic rings. The number of aromatic hydroxyl groups is 2. The van der Waals surface area contributed by atoms with Gasteiger partial charge in [0.2, 0.25) is 0 Å². The zero-order chi connectivity index (χ0) is 43.6. The Bertz CT molecular complexity index is 2610. The van der Waals surface area contributed by atoms with Crippen molar-refractivity contribution in [1.82, 2.24) is 4.98 Å². The van der Waals surface area contributed by atoms with Crippen LogP contribution in [0.4, 0.5) is 11.4 Å². The van der Waals surface area contributed by atoms with Crippen molar-refractivity contribution in [3.8, 4) is 11.5 Å². The first-order valence-electron chi connectivity index (χ1n) is 21.3. The van der Waals surface area contributed by atoms with E-state index >= 15 is 0 Å². The first-order chi connectivity index (χ1) is 31.5. The van der Waals surface area contributed by atoms with Crippen molar-refractivity contribution in [3.05, 3.63) is 259 Å². The van der Waals surface area contributed by atoms with Gasteiger partial charge in [-0.3, -0.25) is 15.0 Å². The summed E-state index contributed by atoms with van der Waals surface area (Å²) in [5, 5.41) is 30.1. The third-order valence-electron chi connectivity index (χ3n) is 11.7. The third kappa shape index (κ3) is 8.83. The van der Waals surface area contributed by atoms with Crippen molar-refractivity contribution in [2.24, 2.45) is 9.98 Å². The van der Waals surface area contributed by atoms with E-state index in [2.05, 4.69) is 187 Å². The number of hydrogen-bond acceptors (Lipinski definition) is 5. The minimum Gasteiger partial charge on any atom is -0.507 e. The molecular formula is C57H47N3O2P2+2. The summed E-state index contributed by atoms with van der Waals surface area (Å²) in [6.07, 6.45) is 8.22. The van der Waals surface area contributed by atoms with Crippen LogP contribution in [0.2, 0.25) is 0 Å². The van der Waals surface area contributed by atoms with Crippen molar-refractivity contribution in [3.63, 3.8) is 0 Å². The fourth-order valence-corrected chi connectivity index (χ4v) is 17.0. The lowest BCUT2D eigenvalue weighted by atomic mass is 10.1. The second kappa shape index (κ2) is 19.4. The molecule has 9 rings (SSSR count). The van der Waals surface area contributed by atoms with Crippen LogP contribution in [0.15, 0.2) is 247 Å². The van der Waals surface area contributed by atoms with Gasteiger partial charge >= 0.3 is 0 Å². The highest BCUT2D eigenvalue weighted by molar-refractivity contribution is 7.95. The largest absolute Gasteiger partial charge is 0.507 e. The average Bonchev–Trinajstić information content (AvgIpc) is 3.37. The Labute approximate surface area is 376 Å². The maximum Gasteiger partial charge on any atom is 0.124 e. The minimum atomic E-state index is -2.17. The van der Waals surface area contributed by atoms with Crippen LogP contribution in [0.1, 0.15) is 22.3 Å². The van der Waals surface area contributed by atoms with Crippen LogP contribution in [0.3, 0.4) is 0 Å². The van der Waals surface area contributed by atoms with E-state index in [1.807, 2.05) is 24.3 Å². The first kappa shape index (κ1) is 42.0. The Morgan fingerprint density at radius 3 is 1.02 bits per heavy atom. The number of pyridine rings is 1. The highest BCUT2D eigenvalue weighted by atomic mass is 31.2. The van der Waals surface area contributed by atoms with Gasteiger partial charge in [-0.25, -0.2) is 0 Å². The van der Waals surface area contributed by atoms with E-state index < -0.39 is 14.5 Å². The van der Waals surface area contributed by atoms with Crippen LogP contribution in [0.25, 0.3) is 0 Å². The fourth-order valence-electron chi connectivity index (χ4n) is 8.56. The highest BCUT2D eigenvalue weighted by Gasteiger charge is 2.46. The molecule has 5 nitrogen and oxygen atoms in total. The van der Waals surface area contributed by atoms with Gasteiger partial charge in [0.05, 0.1) is 24.2 Å². The van der Waals surface area contributed by atoms with E-state index in [0.717, 1.165) is 23.5 Å².